The van der Waals surface area contributed by atoms with Gasteiger partial charge in [0.25, 0.3) is 0 Å². The number of rotatable bonds is 2. The van der Waals surface area contributed by atoms with Crippen LogP contribution in [0.2, 0.25) is 0 Å². The quantitative estimate of drug-likeness (QED) is 0.917. The van der Waals surface area contributed by atoms with Crippen molar-refractivity contribution in [1.29, 1.82) is 0 Å². The summed E-state index contributed by atoms with van der Waals surface area (Å²) in [7, 11) is 0. The normalized spacial score (nSPS) is 21.2. The Labute approximate surface area is 141 Å². The highest BCUT2D eigenvalue weighted by Crippen LogP contribution is 2.30. The number of hydrogen-bond acceptors (Lipinski definition) is 4. The number of aromatic amines is 1. The summed E-state index contributed by atoms with van der Waals surface area (Å²) in [5.41, 5.74) is 1.13. The monoisotopic (exact) mass is 326 g/mol. The molecule has 2 aliphatic heterocycles. The fourth-order valence-corrected chi connectivity index (χ4v) is 3.65. The number of likely N-dealkylation sites (tertiary alicyclic amines) is 1. The lowest BCUT2D eigenvalue weighted by molar-refractivity contribution is -0.138. The van der Waals surface area contributed by atoms with Crippen LogP contribution in [-0.2, 0) is 11.2 Å². The molecule has 1 amide bonds. The second-order valence-corrected chi connectivity index (χ2v) is 6.70. The molecule has 3 heterocycles. The van der Waals surface area contributed by atoms with E-state index in [-0.39, 0.29) is 11.8 Å². The highest BCUT2D eigenvalue weighted by Gasteiger charge is 2.32. The molecule has 6 heteroatoms. The van der Waals surface area contributed by atoms with E-state index in [1.807, 2.05) is 36.1 Å². The number of H-pyrrole nitrogens is 1. The summed E-state index contributed by atoms with van der Waals surface area (Å²) in [6.07, 6.45) is 2.62. The first-order valence-electron chi connectivity index (χ1n) is 8.59. The van der Waals surface area contributed by atoms with E-state index in [1.165, 1.54) is 0 Å². The van der Waals surface area contributed by atoms with Crippen molar-refractivity contribution in [2.75, 3.05) is 19.7 Å². The molecule has 1 fully saturated rings. The molecule has 0 saturated carbocycles. The summed E-state index contributed by atoms with van der Waals surface area (Å²) in [5, 5.41) is 7.17. The number of amides is 1. The Morgan fingerprint density at radius 2 is 2.08 bits per heavy atom. The number of carbonyl (C=O) groups is 1. The summed E-state index contributed by atoms with van der Waals surface area (Å²) in [6.45, 7) is 3.94. The Hall–Kier alpha value is -2.37. The molecule has 0 bridgehead atoms. The van der Waals surface area contributed by atoms with E-state index < -0.39 is 0 Å². The fourth-order valence-electron chi connectivity index (χ4n) is 3.65. The highest BCUT2D eigenvalue weighted by molar-refractivity contribution is 5.80. The number of para-hydroxylation sites is 1. The molecule has 1 aromatic carbocycles. The van der Waals surface area contributed by atoms with E-state index in [1.54, 1.807) is 0 Å². The predicted octanol–water partition coefficient (Wildman–Crippen LogP) is 2.07. The van der Waals surface area contributed by atoms with Gasteiger partial charge in [-0.15, -0.1) is 0 Å². The molecule has 24 heavy (non-hydrogen) atoms. The number of aromatic nitrogens is 3. The zero-order valence-corrected chi connectivity index (χ0v) is 13.9. The maximum absolute atomic E-state index is 12.8. The third-order valence-corrected chi connectivity index (χ3v) is 5.01. The van der Waals surface area contributed by atoms with Gasteiger partial charge < -0.3 is 9.64 Å². The standard InChI is InChI=1S/C18H22N4O2/c1-12-19-17(21-20-12)13-6-8-22(9-7-13)18(23)15-10-14-4-2-3-5-16(14)24-11-15/h2-5,13,15H,6-11H2,1H3,(H,19,20,21)/t15-/m0/s1. The molecular formula is C18H22N4O2. The van der Waals surface area contributed by atoms with E-state index in [9.17, 15) is 4.79 Å². The Kier molecular flexibility index (Phi) is 3.96. The Bertz CT molecular complexity index is 734. The zero-order valence-electron chi connectivity index (χ0n) is 13.9. The van der Waals surface area contributed by atoms with Crippen LogP contribution in [0.4, 0.5) is 0 Å². The van der Waals surface area contributed by atoms with Gasteiger partial charge in [0.05, 0.1) is 5.92 Å². The lowest BCUT2D eigenvalue weighted by Gasteiger charge is -2.34. The molecule has 0 radical (unpaired) electrons. The number of fused-ring (bicyclic) bond motifs is 1. The largest absolute Gasteiger partial charge is 0.492 e. The maximum atomic E-state index is 12.8. The Morgan fingerprint density at radius 3 is 2.83 bits per heavy atom. The van der Waals surface area contributed by atoms with Crippen LogP contribution in [0, 0.1) is 12.8 Å². The molecule has 1 atom stereocenters. The lowest BCUT2D eigenvalue weighted by Crippen LogP contribution is -2.44. The van der Waals surface area contributed by atoms with Crippen LogP contribution in [0.5, 0.6) is 5.75 Å². The number of aryl methyl sites for hydroxylation is 1. The van der Waals surface area contributed by atoms with Crippen molar-refractivity contribution in [3.63, 3.8) is 0 Å². The average Bonchev–Trinajstić information content (AvgIpc) is 3.07. The van der Waals surface area contributed by atoms with Crippen molar-refractivity contribution in [2.45, 2.75) is 32.1 Å². The smallest absolute Gasteiger partial charge is 0.229 e. The van der Waals surface area contributed by atoms with Crippen LogP contribution >= 0.6 is 0 Å². The third kappa shape index (κ3) is 2.88. The van der Waals surface area contributed by atoms with Gasteiger partial charge in [0.2, 0.25) is 5.91 Å². The molecule has 0 spiro atoms. The van der Waals surface area contributed by atoms with E-state index in [2.05, 4.69) is 15.2 Å². The van der Waals surface area contributed by atoms with Gasteiger partial charge in [-0.1, -0.05) is 18.2 Å². The van der Waals surface area contributed by atoms with Gasteiger partial charge in [-0.05, 0) is 37.8 Å². The highest BCUT2D eigenvalue weighted by atomic mass is 16.5. The number of nitrogens with zero attached hydrogens (tertiary/aromatic N) is 3. The predicted molar refractivity (Wildman–Crippen MR) is 88.8 cm³/mol. The first kappa shape index (κ1) is 15.2. The van der Waals surface area contributed by atoms with Gasteiger partial charge >= 0.3 is 0 Å². The summed E-state index contributed by atoms with van der Waals surface area (Å²) in [5.74, 6) is 3.15. The molecular weight excluding hydrogens is 304 g/mol. The molecule has 0 unspecified atom stereocenters. The minimum absolute atomic E-state index is 0.0674. The van der Waals surface area contributed by atoms with Gasteiger partial charge in [0, 0.05) is 19.0 Å². The van der Waals surface area contributed by atoms with Gasteiger partial charge in [-0.2, -0.15) is 5.10 Å². The molecule has 6 nitrogen and oxygen atoms in total. The molecule has 1 saturated heterocycles. The molecule has 0 aliphatic carbocycles. The number of nitrogens with one attached hydrogen (secondary N) is 1. The topological polar surface area (TPSA) is 71.1 Å². The van der Waals surface area contributed by atoms with Crippen LogP contribution in [-0.4, -0.2) is 45.7 Å². The van der Waals surface area contributed by atoms with E-state index in [0.717, 1.165) is 55.3 Å². The maximum Gasteiger partial charge on any atom is 0.229 e. The second-order valence-electron chi connectivity index (χ2n) is 6.70. The number of benzene rings is 1. The molecule has 2 aliphatic rings. The van der Waals surface area contributed by atoms with Crippen molar-refractivity contribution < 1.29 is 9.53 Å². The molecule has 1 aromatic heterocycles. The minimum Gasteiger partial charge on any atom is -0.492 e. The molecule has 4 rings (SSSR count). The van der Waals surface area contributed by atoms with Gasteiger partial charge in [-0.25, -0.2) is 4.98 Å². The van der Waals surface area contributed by atoms with Crippen molar-refractivity contribution in [3.8, 4) is 5.75 Å². The van der Waals surface area contributed by atoms with Gasteiger partial charge in [-0.3, -0.25) is 9.89 Å². The SMILES string of the molecule is Cc1nc(C2CCN(C(=O)[C@@H]3COc4ccccc4C3)CC2)n[nH]1. The van der Waals surface area contributed by atoms with Crippen LogP contribution in [0.3, 0.4) is 0 Å². The minimum atomic E-state index is -0.0674. The first-order valence-corrected chi connectivity index (χ1v) is 8.59. The summed E-state index contributed by atoms with van der Waals surface area (Å²) >= 11 is 0. The Morgan fingerprint density at radius 1 is 1.29 bits per heavy atom. The Balaban J connectivity index is 1.37. The second kappa shape index (κ2) is 6.26. The number of carbonyl (C=O) groups excluding carboxylic acids is 1. The summed E-state index contributed by atoms with van der Waals surface area (Å²) in [4.78, 5) is 19.2. The van der Waals surface area contributed by atoms with Crippen LogP contribution in [0.25, 0.3) is 0 Å². The van der Waals surface area contributed by atoms with Crippen molar-refractivity contribution in [3.05, 3.63) is 41.5 Å². The van der Waals surface area contributed by atoms with Crippen LogP contribution < -0.4 is 4.74 Å². The first-order chi connectivity index (χ1) is 11.7. The van der Waals surface area contributed by atoms with Crippen LogP contribution in [0.15, 0.2) is 24.3 Å². The molecule has 1 N–H and O–H groups in total. The fraction of sp³-hybridized carbons (Fsp3) is 0.500. The van der Waals surface area contributed by atoms with Crippen LogP contribution in [0.1, 0.15) is 36.0 Å². The van der Waals surface area contributed by atoms with Crippen molar-refractivity contribution in [2.24, 2.45) is 5.92 Å². The van der Waals surface area contributed by atoms with Gasteiger partial charge in [0.15, 0.2) is 5.82 Å². The zero-order chi connectivity index (χ0) is 16.5. The third-order valence-electron chi connectivity index (χ3n) is 5.01. The number of piperidine rings is 1. The van der Waals surface area contributed by atoms with Gasteiger partial charge in [0.1, 0.15) is 18.2 Å². The summed E-state index contributed by atoms with van der Waals surface area (Å²) < 4.78 is 5.77. The number of ether oxygens (including phenoxy) is 1. The molecule has 2 aromatic rings. The number of hydrogen-bond donors (Lipinski definition) is 1. The van der Waals surface area contributed by atoms with Crippen molar-refractivity contribution >= 4 is 5.91 Å². The molecule has 126 valence electrons. The summed E-state index contributed by atoms with van der Waals surface area (Å²) in [6, 6.07) is 7.99. The lowest BCUT2D eigenvalue weighted by atomic mass is 9.92. The van der Waals surface area contributed by atoms with Crippen molar-refractivity contribution in [1.82, 2.24) is 20.1 Å². The van der Waals surface area contributed by atoms with E-state index in [4.69, 9.17) is 4.74 Å². The van der Waals surface area contributed by atoms with E-state index in [0.29, 0.717) is 12.5 Å². The van der Waals surface area contributed by atoms with E-state index >= 15 is 0 Å². The average molecular weight is 326 g/mol.